The number of aromatic nitrogens is 4. The van der Waals surface area contributed by atoms with Gasteiger partial charge in [-0.05, 0) is 12.1 Å². The first kappa shape index (κ1) is 14.0. The number of nitrogen functional groups attached to an aromatic ring is 1. The van der Waals surface area contributed by atoms with Gasteiger partial charge in [-0.3, -0.25) is 4.57 Å². The number of imidazole rings is 1. The van der Waals surface area contributed by atoms with Gasteiger partial charge in [0.15, 0.2) is 0 Å². The summed E-state index contributed by atoms with van der Waals surface area (Å²) in [6.07, 6.45) is 11.2. The Morgan fingerprint density at radius 3 is 2.91 bits per heavy atom. The molecule has 3 aromatic rings. The first-order valence-corrected chi connectivity index (χ1v) is 6.77. The number of benzene rings is 1. The maximum Gasteiger partial charge on any atom is 0.235 e. The lowest BCUT2D eigenvalue weighted by Gasteiger charge is -2.11. The van der Waals surface area contributed by atoms with Crippen LogP contribution in [0.15, 0.2) is 30.9 Å². The number of hydrogen-bond donors (Lipinski definition) is 1. The van der Waals surface area contributed by atoms with E-state index in [1.54, 1.807) is 36.5 Å². The molecule has 0 spiro atoms. The smallest absolute Gasteiger partial charge is 0.235 e. The molecular weight excluding hydrogens is 278 g/mol. The average molecular weight is 293 g/mol. The molecule has 6 nitrogen and oxygen atoms in total. The largest absolute Gasteiger partial charge is 0.397 e. The molecule has 0 unspecified atom stereocenters. The van der Waals surface area contributed by atoms with Crippen LogP contribution in [-0.2, 0) is 11.2 Å². The van der Waals surface area contributed by atoms with Gasteiger partial charge in [0, 0.05) is 36.9 Å². The fourth-order valence-corrected chi connectivity index (χ4v) is 2.31. The highest BCUT2D eigenvalue weighted by Crippen LogP contribution is 2.27. The van der Waals surface area contributed by atoms with Gasteiger partial charge in [-0.1, -0.05) is 5.92 Å². The zero-order valence-electron chi connectivity index (χ0n) is 12.2. The van der Waals surface area contributed by atoms with Crippen molar-refractivity contribution in [2.75, 3.05) is 19.5 Å². The fourth-order valence-electron chi connectivity index (χ4n) is 2.31. The Labute approximate surface area is 128 Å². The SMILES string of the molecule is C#Cc1ccc2nc(-n3ccnc3)nc(CCOC)c2c1N. The Morgan fingerprint density at radius 1 is 1.36 bits per heavy atom. The zero-order chi connectivity index (χ0) is 15.5. The minimum Gasteiger partial charge on any atom is -0.397 e. The summed E-state index contributed by atoms with van der Waals surface area (Å²) in [6, 6.07) is 3.65. The van der Waals surface area contributed by atoms with Crippen LogP contribution in [0.2, 0.25) is 0 Å². The van der Waals surface area contributed by atoms with Crippen molar-refractivity contribution in [2.45, 2.75) is 6.42 Å². The molecule has 3 rings (SSSR count). The topological polar surface area (TPSA) is 78.8 Å². The van der Waals surface area contributed by atoms with E-state index >= 15 is 0 Å². The van der Waals surface area contributed by atoms with E-state index in [1.807, 2.05) is 6.07 Å². The molecule has 2 aromatic heterocycles. The van der Waals surface area contributed by atoms with Gasteiger partial charge >= 0.3 is 0 Å². The second-order valence-electron chi connectivity index (χ2n) is 4.75. The van der Waals surface area contributed by atoms with Crippen molar-refractivity contribution in [3.63, 3.8) is 0 Å². The Kier molecular flexibility index (Phi) is 3.73. The molecule has 0 saturated heterocycles. The molecule has 0 aliphatic carbocycles. The number of hydrogen-bond acceptors (Lipinski definition) is 5. The van der Waals surface area contributed by atoms with Crippen LogP contribution in [0, 0.1) is 12.3 Å². The summed E-state index contributed by atoms with van der Waals surface area (Å²) in [6.45, 7) is 0.537. The Hall–Kier alpha value is -2.91. The molecule has 0 amide bonds. The quantitative estimate of drug-likeness (QED) is 0.583. The maximum atomic E-state index is 6.19. The van der Waals surface area contributed by atoms with Gasteiger partial charge in [-0.2, -0.15) is 0 Å². The average Bonchev–Trinajstić information content (AvgIpc) is 3.07. The Bertz CT molecular complexity index is 849. The van der Waals surface area contributed by atoms with Gasteiger partial charge in [-0.15, -0.1) is 6.42 Å². The van der Waals surface area contributed by atoms with Crippen molar-refractivity contribution in [3.05, 3.63) is 42.1 Å². The van der Waals surface area contributed by atoms with Crippen molar-refractivity contribution in [1.82, 2.24) is 19.5 Å². The number of ether oxygens (including phenoxy) is 1. The van der Waals surface area contributed by atoms with E-state index in [4.69, 9.17) is 16.9 Å². The van der Waals surface area contributed by atoms with E-state index < -0.39 is 0 Å². The van der Waals surface area contributed by atoms with Crippen LogP contribution in [0.25, 0.3) is 16.9 Å². The third-order valence-electron chi connectivity index (χ3n) is 3.40. The maximum absolute atomic E-state index is 6.19. The number of anilines is 1. The highest BCUT2D eigenvalue weighted by Gasteiger charge is 2.13. The second-order valence-corrected chi connectivity index (χ2v) is 4.75. The number of nitrogens with zero attached hydrogens (tertiary/aromatic N) is 4. The van der Waals surface area contributed by atoms with Crippen LogP contribution < -0.4 is 5.73 Å². The van der Waals surface area contributed by atoms with Crippen LogP contribution in [0.5, 0.6) is 0 Å². The molecule has 0 aliphatic rings. The number of nitrogens with two attached hydrogens (primary N) is 1. The summed E-state index contributed by atoms with van der Waals surface area (Å²) in [5.41, 5.74) is 8.92. The molecular formula is C16H15N5O. The summed E-state index contributed by atoms with van der Waals surface area (Å²) in [5, 5.41) is 0.788. The highest BCUT2D eigenvalue weighted by atomic mass is 16.5. The van der Waals surface area contributed by atoms with E-state index in [1.165, 1.54) is 0 Å². The third kappa shape index (κ3) is 2.38. The summed E-state index contributed by atoms with van der Waals surface area (Å²) in [4.78, 5) is 13.2. The van der Waals surface area contributed by atoms with Crippen LogP contribution in [-0.4, -0.2) is 33.2 Å². The molecule has 22 heavy (non-hydrogen) atoms. The van der Waals surface area contributed by atoms with E-state index in [0.717, 1.165) is 16.6 Å². The van der Waals surface area contributed by atoms with Crippen LogP contribution in [0.4, 0.5) is 5.69 Å². The normalized spacial score (nSPS) is 10.7. The van der Waals surface area contributed by atoms with Crippen molar-refractivity contribution in [1.29, 1.82) is 0 Å². The summed E-state index contributed by atoms with van der Waals surface area (Å²) < 4.78 is 6.91. The van der Waals surface area contributed by atoms with Gasteiger partial charge in [0.2, 0.25) is 5.95 Å². The lowest BCUT2D eigenvalue weighted by Crippen LogP contribution is -2.08. The predicted molar refractivity (Wildman–Crippen MR) is 84.6 cm³/mol. The monoisotopic (exact) mass is 293 g/mol. The van der Waals surface area contributed by atoms with Gasteiger partial charge in [0.05, 0.1) is 23.5 Å². The van der Waals surface area contributed by atoms with Crippen molar-refractivity contribution < 1.29 is 4.74 Å². The zero-order valence-corrected chi connectivity index (χ0v) is 12.2. The lowest BCUT2D eigenvalue weighted by molar-refractivity contribution is 0.201. The Morgan fingerprint density at radius 2 is 2.23 bits per heavy atom. The first-order valence-electron chi connectivity index (χ1n) is 6.77. The molecule has 0 saturated carbocycles. The second kappa shape index (κ2) is 5.84. The van der Waals surface area contributed by atoms with Crippen LogP contribution in [0.1, 0.15) is 11.3 Å². The van der Waals surface area contributed by atoms with Crippen molar-refractivity contribution >= 4 is 16.6 Å². The Balaban J connectivity index is 2.26. The van der Waals surface area contributed by atoms with E-state index in [-0.39, 0.29) is 0 Å². The molecule has 6 heteroatoms. The van der Waals surface area contributed by atoms with E-state index in [2.05, 4.69) is 20.9 Å². The van der Waals surface area contributed by atoms with Crippen molar-refractivity contribution in [3.8, 4) is 18.3 Å². The minimum absolute atomic E-state index is 0.531. The fraction of sp³-hybridized carbons (Fsp3) is 0.188. The molecule has 1 aromatic carbocycles. The summed E-state index contributed by atoms with van der Waals surface area (Å²) in [5.74, 6) is 3.13. The number of fused-ring (bicyclic) bond motifs is 1. The van der Waals surface area contributed by atoms with E-state index in [0.29, 0.717) is 30.2 Å². The molecule has 2 N–H and O–H groups in total. The van der Waals surface area contributed by atoms with Gasteiger partial charge < -0.3 is 10.5 Å². The van der Waals surface area contributed by atoms with Crippen LogP contribution in [0.3, 0.4) is 0 Å². The molecule has 0 bridgehead atoms. The molecule has 0 radical (unpaired) electrons. The first-order chi connectivity index (χ1) is 10.7. The summed E-state index contributed by atoms with van der Waals surface area (Å²) >= 11 is 0. The molecule has 110 valence electrons. The number of terminal acetylenes is 1. The van der Waals surface area contributed by atoms with Crippen LogP contribution >= 0.6 is 0 Å². The minimum atomic E-state index is 0.531. The molecule has 2 heterocycles. The lowest BCUT2D eigenvalue weighted by atomic mass is 10.1. The van der Waals surface area contributed by atoms with E-state index in [9.17, 15) is 0 Å². The highest BCUT2D eigenvalue weighted by molar-refractivity contribution is 5.95. The van der Waals surface area contributed by atoms with Crippen molar-refractivity contribution in [2.24, 2.45) is 0 Å². The molecule has 0 fully saturated rings. The number of rotatable bonds is 4. The van der Waals surface area contributed by atoms with Gasteiger partial charge in [0.25, 0.3) is 0 Å². The standard InChI is InChI=1S/C16H15N5O/c1-3-11-4-5-12-14(15(11)17)13(6-9-22-2)20-16(19-12)21-8-7-18-10-21/h1,4-5,7-8,10H,6,9,17H2,2H3. The van der Waals surface area contributed by atoms with Gasteiger partial charge in [0.1, 0.15) is 6.33 Å². The van der Waals surface area contributed by atoms with Gasteiger partial charge in [-0.25, -0.2) is 15.0 Å². The summed E-state index contributed by atoms with van der Waals surface area (Å²) in [7, 11) is 1.65. The molecule has 0 atom stereocenters. The molecule has 0 aliphatic heterocycles. The predicted octanol–water partition coefficient (Wildman–Crippen LogP) is 1.57. The third-order valence-corrected chi connectivity index (χ3v) is 3.40. The number of methoxy groups -OCH3 is 1.